The van der Waals surface area contributed by atoms with Gasteiger partial charge in [0.25, 0.3) is 5.91 Å². The highest BCUT2D eigenvalue weighted by molar-refractivity contribution is 5.95. The fourth-order valence-corrected chi connectivity index (χ4v) is 2.70. The lowest BCUT2D eigenvalue weighted by Crippen LogP contribution is -2.47. The first kappa shape index (κ1) is 15.3. The van der Waals surface area contributed by atoms with Crippen molar-refractivity contribution >= 4 is 11.9 Å². The zero-order valence-electron chi connectivity index (χ0n) is 12.0. The summed E-state index contributed by atoms with van der Waals surface area (Å²) in [7, 11) is 1.41. The van der Waals surface area contributed by atoms with E-state index in [1.165, 1.54) is 19.2 Å². The Morgan fingerprint density at radius 1 is 1.48 bits per heavy atom. The van der Waals surface area contributed by atoms with Crippen molar-refractivity contribution in [2.45, 2.75) is 32.2 Å². The van der Waals surface area contributed by atoms with Crippen LogP contribution in [0, 0.1) is 11.2 Å². The second-order valence-corrected chi connectivity index (χ2v) is 5.49. The van der Waals surface area contributed by atoms with Crippen LogP contribution in [0.3, 0.4) is 0 Å². The summed E-state index contributed by atoms with van der Waals surface area (Å²) in [6.07, 6.45) is 1.80. The van der Waals surface area contributed by atoms with E-state index in [4.69, 9.17) is 4.74 Å². The summed E-state index contributed by atoms with van der Waals surface area (Å²) in [5.41, 5.74) is -1.12. The van der Waals surface area contributed by atoms with Crippen molar-refractivity contribution in [2.24, 2.45) is 5.41 Å². The maximum atomic E-state index is 13.9. The zero-order chi connectivity index (χ0) is 15.6. The number of aliphatic carboxylic acids is 1. The Kier molecular flexibility index (Phi) is 4.16. The molecule has 2 rings (SSSR count). The van der Waals surface area contributed by atoms with Crippen molar-refractivity contribution in [1.82, 2.24) is 5.32 Å². The van der Waals surface area contributed by atoms with Crippen LogP contribution in [0.15, 0.2) is 18.2 Å². The summed E-state index contributed by atoms with van der Waals surface area (Å²) in [6, 6.07) is 3.45. The second kappa shape index (κ2) is 5.71. The normalized spacial score (nSPS) is 24.6. The molecule has 5 nitrogen and oxygen atoms in total. The fourth-order valence-electron chi connectivity index (χ4n) is 2.70. The average Bonchev–Trinajstić information content (AvgIpc) is 2.81. The minimum Gasteiger partial charge on any atom is -0.497 e. The van der Waals surface area contributed by atoms with Crippen LogP contribution in [0.4, 0.5) is 4.39 Å². The lowest BCUT2D eigenvalue weighted by molar-refractivity contribution is -0.148. The molecule has 1 aromatic carbocycles. The van der Waals surface area contributed by atoms with Crippen LogP contribution in [-0.4, -0.2) is 30.1 Å². The summed E-state index contributed by atoms with van der Waals surface area (Å²) in [6.45, 7) is 1.61. The summed E-state index contributed by atoms with van der Waals surface area (Å²) in [5.74, 6) is -1.92. The summed E-state index contributed by atoms with van der Waals surface area (Å²) in [5, 5.41) is 12.0. The first-order valence-electron chi connectivity index (χ1n) is 6.76. The lowest BCUT2D eigenvalue weighted by atomic mass is 9.85. The third-order valence-corrected chi connectivity index (χ3v) is 4.17. The predicted molar refractivity (Wildman–Crippen MR) is 73.8 cm³/mol. The minimum absolute atomic E-state index is 0.115. The molecular formula is C15H18FNO4. The molecular weight excluding hydrogens is 277 g/mol. The van der Waals surface area contributed by atoms with E-state index >= 15 is 0 Å². The largest absolute Gasteiger partial charge is 0.497 e. The predicted octanol–water partition coefficient (Wildman–Crippen LogP) is 2.21. The van der Waals surface area contributed by atoms with Gasteiger partial charge in [0.15, 0.2) is 0 Å². The quantitative estimate of drug-likeness (QED) is 0.893. The Labute approximate surface area is 122 Å². The molecule has 0 aliphatic heterocycles. The average molecular weight is 295 g/mol. The molecule has 2 atom stereocenters. The third-order valence-electron chi connectivity index (χ3n) is 4.17. The Morgan fingerprint density at radius 2 is 2.19 bits per heavy atom. The number of nitrogens with one attached hydrogen (secondary N) is 1. The second-order valence-electron chi connectivity index (χ2n) is 5.49. The molecule has 0 radical (unpaired) electrons. The van der Waals surface area contributed by atoms with Crippen LogP contribution >= 0.6 is 0 Å². The molecule has 1 fully saturated rings. The molecule has 1 aromatic rings. The van der Waals surface area contributed by atoms with E-state index in [1.54, 1.807) is 6.92 Å². The molecule has 0 aromatic heterocycles. The SMILES string of the molecule is COc1ccc(C(=O)NC2CCCC2(C)C(=O)O)c(F)c1. The van der Waals surface area contributed by atoms with Crippen molar-refractivity contribution in [1.29, 1.82) is 0 Å². The smallest absolute Gasteiger partial charge is 0.311 e. The molecule has 0 heterocycles. The van der Waals surface area contributed by atoms with Gasteiger partial charge in [-0.2, -0.15) is 0 Å². The van der Waals surface area contributed by atoms with Gasteiger partial charge < -0.3 is 15.2 Å². The van der Waals surface area contributed by atoms with Crippen molar-refractivity contribution in [3.8, 4) is 5.75 Å². The number of carbonyl (C=O) groups excluding carboxylic acids is 1. The molecule has 1 amide bonds. The highest BCUT2D eigenvalue weighted by Crippen LogP contribution is 2.38. The van der Waals surface area contributed by atoms with Gasteiger partial charge in [-0.3, -0.25) is 9.59 Å². The van der Waals surface area contributed by atoms with Crippen LogP contribution in [0.25, 0.3) is 0 Å². The highest BCUT2D eigenvalue weighted by Gasteiger charge is 2.46. The van der Waals surface area contributed by atoms with Crippen LogP contribution < -0.4 is 10.1 Å². The molecule has 1 aliphatic carbocycles. The van der Waals surface area contributed by atoms with E-state index in [9.17, 15) is 19.1 Å². The number of amides is 1. The first-order chi connectivity index (χ1) is 9.88. The Morgan fingerprint density at radius 3 is 2.76 bits per heavy atom. The van der Waals surface area contributed by atoms with Gasteiger partial charge in [0.1, 0.15) is 11.6 Å². The number of hydrogen-bond acceptors (Lipinski definition) is 3. The van der Waals surface area contributed by atoms with Gasteiger partial charge in [-0.15, -0.1) is 0 Å². The minimum atomic E-state index is -1.00. The summed E-state index contributed by atoms with van der Waals surface area (Å²) in [4.78, 5) is 23.5. The number of carbonyl (C=O) groups is 2. The van der Waals surface area contributed by atoms with Gasteiger partial charge in [-0.05, 0) is 31.9 Å². The third kappa shape index (κ3) is 2.84. The number of rotatable bonds is 4. The van der Waals surface area contributed by atoms with E-state index in [2.05, 4.69) is 5.32 Å². The summed E-state index contributed by atoms with van der Waals surface area (Å²) < 4.78 is 18.7. The number of carboxylic acid groups (broad SMARTS) is 1. The number of ether oxygens (including phenoxy) is 1. The number of benzene rings is 1. The molecule has 1 saturated carbocycles. The molecule has 114 valence electrons. The van der Waals surface area contributed by atoms with Crippen molar-refractivity contribution in [2.75, 3.05) is 7.11 Å². The molecule has 0 saturated heterocycles. The van der Waals surface area contributed by atoms with E-state index in [0.717, 1.165) is 12.5 Å². The van der Waals surface area contributed by atoms with Gasteiger partial charge in [0, 0.05) is 12.1 Å². The maximum Gasteiger partial charge on any atom is 0.311 e. The summed E-state index contributed by atoms with van der Waals surface area (Å²) >= 11 is 0. The van der Waals surface area contributed by atoms with E-state index < -0.39 is 29.2 Å². The number of hydrogen-bond donors (Lipinski definition) is 2. The topological polar surface area (TPSA) is 75.6 Å². The van der Waals surface area contributed by atoms with Gasteiger partial charge in [0.2, 0.25) is 0 Å². The van der Waals surface area contributed by atoms with Crippen LogP contribution in [0.1, 0.15) is 36.5 Å². The fraction of sp³-hybridized carbons (Fsp3) is 0.467. The van der Waals surface area contributed by atoms with Crippen molar-refractivity contribution < 1.29 is 23.8 Å². The number of halogens is 1. The van der Waals surface area contributed by atoms with Crippen LogP contribution in [0.5, 0.6) is 5.75 Å². The molecule has 21 heavy (non-hydrogen) atoms. The molecule has 6 heteroatoms. The standard InChI is InChI=1S/C15H18FNO4/c1-15(14(19)20)7-3-4-12(15)17-13(18)10-6-5-9(21-2)8-11(10)16/h5-6,8,12H,3-4,7H2,1-2H3,(H,17,18)(H,19,20). The van der Waals surface area contributed by atoms with Crippen LogP contribution in [-0.2, 0) is 4.79 Å². The van der Waals surface area contributed by atoms with Crippen molar-refractivity contribution in [3.63, 3.8) is 0 Å². The number of methoxy groups -OCH3 is 1. The maximum absolute atomic E-state index is 13.9. The van der Waals surface area contributed by atoms with E-state index in [-0.39, 0.29) is 5.56 Å². The molecule has 2 unspecified atom stereocenters. The molecule has 2 N–H and O–H groups in total. The highest BCUT2D eigenvalue weighted by atomic mass is 19.1. The Hall–Kier alpha value is -2.11. The zero-order valence-corrected chi connectivity index (χ0v) is 12.0. The van der Waals surface area contributed by atoms with E-state index in [1.807, 2.05) is 0 Å². The van der Waals surface area contributed by atoms with Crippen LogP contribution in [0.2, 0.25) is 0 Å². The van der Waals surface area contributed by atoms with Gasteiger partial charge >= 0.3 is 5.97 Å². The Balaban J connectivity index is 2.16. The first-order valence-corrected chi connectivity index (χ1v) is 6.76. The Bertz CT molecular complexity index is 575. The van der Waals surface area contributed by atoms with Gasteiger partial charge in [-0.1, -0.05) is 6.42 Å². The lowest BCUT2D eigenvalue weighted by Gasteiger charge is -2.27. The molecule has 0 spiro atoms. The van der Waals surface area contributed by atoms with Gasteiger partial charge in [0.05, 0.1) is 18.1 Å². The monoisotopic (exact) mass is 295 g/mol. The van der Waals surface area contributed by atoms with E-state index in [0.29, 0.717) is 18.6 Å². The molecule has 0 bridgehead atoms. The van der Waals surface area contributed by atoms with Crippen molar-refractivity contribution in [3.05, 3.63) is 29.6 Å². The van der Waals surface area contributed by atoms with Gasteiger partial charge in [-0.25, -0.2) is 4.39 Å². The molecule has 1 aliphatic rings. The number of carboxylic acids is 1.